The number of hydrogen-bond donors (Lipinski definition) is 0. The van der Waals surface area contributed by atoms with Crippen molar-refractivity contribution in [2.45, 2.75) is 32.5 Å². The van der Waals surface area contributed by atoms with E-state index in [1.165, 1.54) is 15.0 Å². The van der Waals surface area contributed by atoms with Gasteiger partial charge in [0.05, 0.1) is 11.1 Å². The lowest BCUT2D eigenvalue weighted by atomic mass is 10.0. The van der Waals surface area contributed by atoms with Crippen LogP contribution in [0.5, 0.6) is 0 Å². The topological polar surface area (TPSA) is 50.5 Å². The van der Waals surface area contributed by atoms with E-state index in [0.29, 0.717) is 12.2 Å². The fraction of sp³-hybridized carbons (Fsp3) is 0.333. The van der Waals surface area contributed by atoms with E-state index < -0.39 is 0 Å². The average molecular weight is 475 g/mol. The molecule has 0 radical (unpaired) electrons. The molecule has 0 aliphatic carbocycles. The highest BCUT2D eigenvalue weighted by atomic mass is 32.1. The Morgan fingerprint density at radius 3 is 2.38 bits per heavy atom. The molecule has 2 aromatic carbocycles. The maximum Gasteiger partial charge on any atom is 0.336 e. The largest absolute Gasteiger partial charge is 0.336 e. The maximum absolute atomic E-state index is 13.7. The van der Waals surface area contributed by atoms with Gasteiger partial charge in [-0.05, 0) is 56.7 Å². The van der Waals surface area contributed by atoms with E-state index in [2.05, 4.69) is 34.1 Å². The minimum Gasteiger partial charge on any atom is -0.309 e. The van der Waals surface area contributed by atoms with Gasteiger partial charge >= 0.3 is 5.69 Å². The Morgan fingerprint density at radius 2 is 1.68 bits per heavy atom. The number of para-hydroxylation sites is 1. The third-order valence-electron chi connectivity index (χ3n) is 6.45. The van der Waals surface area contributed by atoms with Crippen molar-refractivity contribution < 1.29 is 0 Å². The van der Waals surface area contributed by atoms with Crippen LogP contribution in [0.15, 0.2) is 70.3 Å². The molecule has 0 bridgehead atoms. The molecule has 0 amide bonds. The zero-order valence-corrected chi connectivity index (χ0v) is 20.6. The summed E-state index contributed by atoms with van der Waals surface area (Å²) in [4.78, 5) is 33.9. The summed E-state index contributed by atoms with van der Waals surface area (Å²) in [5.41, 5.74) is 2.60. The molecule has 34 heavy (non-hydrogen) atoms. The van der Waals surface area contributed by atoms with Crippen LogP contribution in [0.1, 0.15) is 22.4 Å². The highest BCUT2D eigenvalue weighted by Gasteiger charge is 2.26. The number of aryl methyl sites for hydroxylation is 1. The first-order chi connectivity index (χ1) is 16.5. The molecule has 4 aromatic rings. The molecule has 5 rings (SSSR count). The van der Waals surface area contributed by atoms with Gasteiger partial charge in [-0.3, -0.25) is 14.3 Å². The Hall–Kier alpha value is -3.00. The summed E-state index contributed by atoms with van der Waals surface area (Å²) in [5, 5.41) is 0.729. The van der Waals surface area contributed by atoms with Gasteiger partial charge in [0, 0.05) is 31.1 Å². The first-order valence-corrected chi connectivity index (χ1v) is 12.6. The molecule has 7 heteroatoms. The van der Waals surface area contributed by atoms with Gasteiger partial charge in [-0.2, -0.15) is 0 Å². The number of aromatic nitrogens is 2. The van der Waals surface area contributed by atoms with E-state index in [1.54, 1.807) is 11.3 Å². The summed E-state index contributed by atoms with van der Waals surface area (Å²) in [6.45, 7) is 4.07. The van der Waals surface area contributed by atoms with Gasteiger partial charge in [0.2, 0.25) is 0 Å². The second kappa shape index (κ2) is 9.70. The van der Waals surface area contributed by atoms with Gasteiger partial charge in [-0.1, -0.05) is 48.5 Å². The number of nitrogens with zero attached hydrogens (tertiary/aromatic N) is 4. The van der Waals surface area contributed by atoms with Crippen LogP contribution in [0, 0.1) is 0 Å². The number of thiophene rings is 1. The lowest BCUT2D eigenvalue weighted by Crippen LogP contribution is -2.39. The molecule has 2 aromatic heterocycles. The van der Waals surface area contributed by atoms with E-state index in [0.717, 1.165) is 54.8 Å². The standard InChI is InChI=1S/C27H30N4O2S/c1-28(2)15-9-16-30-26-24(25(32)31(27(30)33)21-12-7-4-8-13-21)22-14-17-29(19-23(22)34-26)18-20-10-5-3-6-11-20/h3-8,10-13H,9,14-19H2,1-2H3. The quantitative estimate of drug-likeness (QED) is 0.410. The SMILES string of the molecule is CN(C)CCCn1c(=O)n(-c2ccccc2)c(=O)c2c3c(sc21)CN(Cc1ccccc1)CC3. The van der Waals surface area contributed by atoms with Crippen molar-refractivity contribution in [3.8, 4) is 5.69 Å². The van der Waals surface area contributed by atoms with E-state index in [9.17, 15) is 9.59 Å². The van der Waals surface area contributed by atoms with Gasteiger partial charge in [0.1, 0.15) is 4.83 Å². The van der Waals surface area contributed by atoms with Crippen LogP contribution in [0.4, 0.5) is 0 Å². The minimum absolute atomic E-state index is 0.191. The van der Waals surface area contributed by atoms with E-state index >= 15 is 0 Å². The molecule has 0 saturated heterocycles. The van der Waals surface area contributed by atoms with Crippen LogP contribution in [0.25, 0.3) is 15.9 Å². The van der Waals surface area contributed by atoms with Crippen molar-refractivity contribution in [1.29, 1.82) is 0 Å². The van der Waals surface area contributed by atoms with E-state index in [4.69, 9.17) is 0 Å². The van der Waals surface area contributed by atoms with Crippen LogP contribution in [-0.4, -0.2) is 46.1 Å². The molecule has 1 aliphatic rings. The third kappa shape index (κ3) is 4.39. The molecular formula is C27H30N4O2S. The molecule has 6 nitrogen and oxygen atoms in total. The number of benzene rings is 2. The fourth-order valence-corrected chi connectivity index (χ4v) is 6.18. The summed E-state index contributed by atoms with van der Waals surface area (Å²) in [6, 6.07) is 19.8. The summed E-state index contributed by atoms with van der Waals surface area (Å²) in [5.74, 6) is 0. The van der Waals surface area contributed by atoms with Gasteiger partial charge in [0.25, 0.3) is 5.56 Å². The maximum atomic E-state index is 13.7. The van der Waals surface area contributed by atoms with E-state index in [1.807, 2.05) is 55.1 Å². The molecule has 0 atom stereocenters. The second-order valence-corrected chi connectivity index (χ2v) is 10.3. The van der Waals surface area contributed by atoms with Crippen LogP contribution >= 0.6 is 11.3 Å². The van der Waals surface area contributed by atoms with Gasteiger partial charge in [-0.15, -0.1) is 11.3 Å². The Morgan fingerprint density at radius 1 is 0.971 bits per heavy atom. The van der Waals surface area contributed by atoms with Crippen LogP contribution in [0.2, 0.25) is 0 Å². The van der Waals surface area contributed by atoms with Crippen molar-refractivity contribution in [2.75, 3.05) is 27.2 Å². The number of fused-ring (bicyclic) bond motifs is 3. The summed E-state index contributed by atoms with van der Waals surface area (Å²) < 4.78 is 3.19. The lowest BCUT2D eigenvalue weighted by Gasteiger charge is -2.26. The summed E-state index contributed by atoms with van der Waals surface area (Å²) in [6.07, 6.45) is 1.67. The molecular weight excluding hydrogens is 444 g/mol. The summed E-state index contributed by atoms with van der Waals surface area (Å²) in [7, 11) is 4.07. The predicted octanol–water partition coefficient (Wildman–Crippen LogP) is 3.72. The third-order valence-corrected chi connectivity index (χ3v) is 7.69. The van der Waals surface area contributed by atoms with E-state index in [-0.39, 0.29) is 11.2 Å². The first kappa shape index (κ1) is 22.8. The van der Waals surface area contributed by atoms with Crippen molar-refractivity contribution in [1.82, 2.24) is 18.9 Å². The predicted molar refractivity (Wildman–Crippen MR) is 139 cm³/mol. The van der Waals surface area contributed by atoms with Crippen molar-refractivity contribution in [2.24, 2.45) is 0 Å². The zero-order valence-electron chi connectivity index (χ0n) is 19.7. The highest BCUT2D eigenvalue weighted by molar-refractivity contribution is 7.18. The molecule has 3 heterocycles. The fourth-order valence-electron chi connectivity index (χ4n) is 4.78. The molecule has 0 N–H and O–H groups in total. The molecule has 176 valence electrons. The number of rotatable bonds is 7. The van der Waals surface area contributed by atoms with Crippen LogP contribution < -0.4 is 11.2 Å². The minimum atomic E-state index is -0.248. The molecule has 0 fully saturated rings. The van der Waals surface area contributed by atoms with Crippen molar-refractivity contribution in [3.63, 3.8) is 0 Å². The average Bonchev–Trinajstić information content (AvgIpc) is 3.21. The van der Waals surface area contributed by atoms with Crippen LogP contribution in [-0.2, 0) is 26.1 Å². The lowest BCUT2D eigenvalue weighted by molar-refractivity contribution is 0.249. The normalized spacial score (nSPS) is 14.1. The van der Waals surface area contributed by atoms with Crippen LogP contribution in [0.3, 0.4) is 0 Å². The van der Waals surface area contributed by atoms with Gasteiger partial charge < -0.3 is 4.90 Å². The smallest absolute Gasteiger partial charge is 0.309 e. The zero-order chi connectivity index (χ0) is 23.7. The molecule has 0 spiro atoms. The molecule has 0 unspecified atom stereocenters. The highest BCUT2D eigenvalue weighted by Crippen LogP contribution is 2.33. The monoisotopic (exact) mass is 474 g/mol. The molecule has 1 aliphatic heterocycles. The number of hydrogen-bond acceptors (Lipinski definition) is 5. The van der Waals surface area contributed by atoms with Crippen molar-refractivity contribution >= 4 is 21.6 Å². The van der Waals surface area contributed by atoms with Gasteiger partial charge in [0.15, 0.2) is 0 Å². The Bertz CT molecular complexity index is 1400. The molecule has 0 saturated carbocycles. The van der Waals surface area contributed by atoms with Gasteiger partial charge in [-0.25, -0.2) is 9.36 Å². The summed E-state index contributed by atoms with van der Waals surface area (Å²) >= 11 is 1.63. The Kier molecular flexibility index (Phi) is 6.50. The first-order valence-electron chi connectivity index (χ1n) is 11.8. The van der Waals surface area contributed by atoms with Crippen molar-refractivity contribution in [3.05, 3.63) is 97.5 Å². The second-order valence-electron chi connectivity index (χ2n) is 9.20. The Balaban J connectivity index is 1.60. The Labute approximate surface area is 203 Å².